The molecular formula is C13H13ClF4N2O3. The van der Waals surface area contributed by atoms with E-state index in [1.165, 1.54) is 12.2 Å². The molecule has 0 aliphatic carbocycles. The monoisotopic (exact) mass is 356 g/mol. The molecule has 1 aromatic rings. The second kappa shape index (κ2) is 7.03. The van der Waals surface area contributed by atoms with Crippen molar-refractivity contribution in [2.75, 3.05) is 11.9 Å². The lowest BCUT2D eigenvalue weighted by Gasteiger charge is -2.35. The van der Waals surface area contributed by atoms with Crippen molar-refractivity contribution in [3.8, 4) is 0 Å². The van der Waals surface area contributed by atoms with Crippen molar-refractivity contribution in [3.63, 3.8) is 0 Å². The second-order valence-corrected chi connectivity index (χ2v) is 4.81. The zero-order valence-corrected chi connectivity index (χ0v) is 12.8. The summed E-state index contributed by atoms with van der Waals surface area (Å²) in [5, 5.41) is 2.89. The van der Waals surface area contributed by atoms with Crippen molar-refractivity contribution < 1.29 is 31.9 Å². The zero-order valence-electron chi connectivity index (χ0n) is 12.1. The highest BCUT2D eigenvalue weighted by molar-refractivity contribution is 6.31. The Morgan fingerprint density at radius 3 is 2.35 bits per heavy atom. The smallest absolute Gasteiger partial charge is 0.441 e. The average Bonchev–Trinajstić information content (AvgIpc) is 2.40. The maximum atomic E-state index is 13.5. The minimum absolute atomic E-state index is 0.337. The van der Waals surface area contributed by atoms with Crippen LogP contribution in [0.25, 0.3) is 0 Å². The lowest BCUT2D eigenvalue weighted by Crippen LogP contribution is -2.69. The number of halogens is 5. The minimum atomic E-state index is -5.24. The van der Waals surface area contributed by atoms with Gasteiger partial charge in [0, 0.05) is 12.6 Å². The number of rotatable bonds is 5. The molecule has 0 unspecified atom stereocenters. The van der Waals surface area contributed by atoms with Crippen LogP contribution in [0, 0.1) is 5.82 Å². The standard InChI is InChI=1S/C13H13ClF4N2O3/c1-3-23-11(22)12(13(16,17)18,19-7(2)21)20-8-4-5-10(15)9(14)6-8/h4-6,20H,3H2,1-2H3,(H,19,21)/t12-/m0/s1. The Morgan fingerprint density at radius 1 is 1.30 bits per heavy atom. The number of amides is 1. The van der Waals surface area contributed by atoms with Gasteiger partial charge in [0.2, 0.25) is 5.91 Å². The Bertz CT molecular complexity index is 609. The molecule has 1 amide bonds. The van der Waals surface area contributed by atoms with Crippen LogP contribution in [0.3, 0.4) is 0 Å². The van der Waals surface area contributed by atoms with Crippen molar-refractivity contribution >= 4 is 29.2 Å². The fourth-order valence-electron chi connectivity index (χ4n) is 1.68. The number of carbonyl (C=O) groups is 2. The molecule has 0 bridgehead atoms. The van der Waals surface area contributed by atoms with Gasteiger partial charge < -0.3 is 15.4 Å². The molecule has 0 heterocycles. The van der Waals surface area contributed by atoms with E-state index in [4.69, 9.17) is 11.6 Å². The predicted octanol–water partition coefficient (Wildman–Crippen LogP) is 2.85. The van der Waals surface area contributed by atoms with Gasteiger partial charge in [-0.25, -0.2) is 9.18 Å². The van der Waals surface area contributed by atoms with Crippen LogP contribution in [0.5, 0.6) is 0 Å². The molecule has 0 aromatic heterocycles. The number of benzene rings is 1. The third-order valence-electron chi connectivity index (χ3n) is 2.62. The lowest BCUT2D eigenvalue weighted by atomic mass is 10.1. The van der Waals surface area contributed by atoms with Gasteiger partial charge in [-0.15, -0.1) is 0 Å². The molecule has 0 saturated heterocycles. The molecule has 0 saturated carbocycles. The van der Waals surface area contributed by atoms with Gasteiger partial charge in [-0.05, 0) is 25.1 Å². The molecule has 0 spiro atoms. The number of esters is 1. The number of hydrogen-bond donors (Lipinski definition) is 2. The molecule has 128 valence electrons. The van der Waals surface area contributed by atoms with Crippen LogP contribution in [-0.4, -0.2) is 30.3 Å². The first kappa shape index (κ1) is 19.0. The molecule has 0 aliphatic heterocycles. The highest BCUT2D eigenvalue weighted by Gasteiger charge is 2.63. The average molecular weight is 357 g/mol. The molecule has 0 fully saturated rings. The van der Waals surface area contributed by atoms with Gasteiger partial charge in [0.15, 0.2) is 0 Å². The van der Waals surface area contributed by atoms with Gasteiger partial charge in [-0.3, -0.25) is 4.79 Å². The maximum Gasteiger partial charge on any atom is 0.441 e. The molecule has 1 aromatic carbocycles. The molecule has 0 aliphatic rings. The van der Waals surface area contributed by atoms with Crippen LogP contribution in [0.4, 0.5) is 23.2 Å². The number of alkyl halides is 3. The molecule has 10 heteroatoms. The van der Waals surface area contributed by atoms with Crippen molar-refractivity contribution in [2.24, 2.45) is 0 Å². The zero-order chi connectivity index (χ0) is 17.8. The van der Waals surface area contributed by atoms with Crippen LogP contribution in [-0.2, 0) is 14.3 Å². The van der Waals surface area contributed by atoms with E-state index in [2.05, 4.69) is 4.74 Å². The predicted molar refractivity (Wildman–Crippen MR) is 74.3 cm³/mol. The normalized spacial score (nSPS) is 13.9. The summed E-state index contributed by atoms with van der Waals surface area (Å²) < 4.78 is 58.0. The Balaban J connectivity index is 3.38. The Morgan fingerprint density at radius 2 is 1.91 bits per heavy atom. The summed E-state index contributed by atoms with van der Waals surface area (Å²) in [6, 6.07) is 2.59. The van der Waals surface area contributed by atoms with E-state index in [-0.39, 0.29) is 12.3 Å². The molecule has 5 nitrogen and oxygen atoms in total. The first-order valence-corrected chi connectivity index (χ1v) is 6.67. The number of nitrogens with one attached hydrogen (secondary N) is 2. The molecule has 23 heavy (non-hydrogen) atoms. The molecule has 0 radical (unpaired) electrons. The van der Waals surface area contributed by atoms with E-state index in [1.54, 1.807) is 0 Å². The van der Waals surface area contributed by atoms with Crippen LogP contribution in [0.1, 0.15) is 13.8 Å². The summed E-state index contributed by atoms with van der Waals surface area (Å²) >= 11 is 5.50. The van der Waals surface area contributed by atoms with E-state index < -0.39 is 34.6 Å². The lowest BCUT2D eigenvalue weighted by molar-refractivity contribution is -0.207. The summed E-state index contributed by atoms with van der Waals surface area (Å²) in [5.41, 5.74) is -3.87. The summed E-state index contributed by atoms with van der Waals surface area (Å²) in [6.07, 6.45) is -5.24. The van der Waals surface area contributed by atoms with Gasteiger partial charge in [0.1, 0.15) is 5.82 Å². The van der Waals surface area contributed by atoms with Crippen LogP contribution in [0.2, 0.25) is 5.02 Å². The van der Waals surface area contributed by atoms with Crippen LogP contribution in [0.15, 0.2) is 18.2 Å². The van der Waals surface area contributed by atoms with E-state index in [9.17, 15) is 27.2 Å². The maximum absolute atomic E-state index is 13.5. The van der Waals surface area contributed by atoms with Gasteiger partial charge in [-0.1, -0.05) is 11.6 Å². The quantitative estimate of drug-likeness (QED) is 0.483. The van der Waals surface area contributed by atoms with E-state index in [0.717, 1.165) is 25.1 Å². The van der Waals surface area contributed by atoms with E-state index >= 15 is 0 Å². The molecule has 1 rings (SSSR count). The summed E-state index contributed by atoms with van der Waals surface area (Å²) in [6.45, 7) is 1.77. The van der Waals surface area contributed by atoms with Crippen LogP contribution < -0.4 is 10.6 Å². The first-order chi connectivity index (χ1) is 10.5. The topological polar surface area (TPSA) is 67.4 Å². The third kappa shape index (κ3) is 4.25. The fourth-order valence-corrected chi connectivity index (χ4v) is 1.87. The Kier molecular flexibility index (Phi) is 5.81. The second-order valence-electron chi connectivity index (χ2n) is 4.40. The van der Waals surface area contributed by atoms with Gasteiger partial charge >= 0.3 is 17.8 Å². The number of carbonyl (C=O) groups excluding carboxylic acids is 2. The summed E-state index contributed by atoms with van der Waals surface area (Å²) in [4.78, 5) is 23.1. The molecule has 2 N–H and O–H groups in total. The van der Waals surface area contributed by atoms with Crippen molar-refractivity contribution in [1.29, 1.82) is 0 Å². The minimum Gasteiger partial charge on any atom is -0.463 e. The molecule has 1 atom stereocenters. The van der Waals surface area contributed by atoms with E-state index in [1.807, 2.05) is 5.32 Å². The largest absolute Gasteiger partial charge is 0.463 e. The Labute approximate surface area is 133 Å². The molecular weight excluding hydrogens is 344 g/mol. The summed E-state index contributed by atoms with van der Waals surface area (Å²) in [7, 11) is 0. The third-order valence-corrected chi connectivity index (χ3v) is 2.91. The number of anilines is 1. The highest BCUT2D eigenvalue weighted by atomic mass is 35.5. The fraction of sp³-hybridized carbons (Fsp3) is 0.385. The number of ether oxygens (including phenoxy) is 1. The first-order valence-electron chi connectivity index (χ1n) is 6.29. The van der Waals surface area contributed by atoms with Gasteiger partial charge in [-0.2, -0.15) is 13.2 Å². The highest BCUT2D eigenvalue weighted by Crippen LogP contribution is 2.34. The Hall–Kier alpha value is -2.03. The van der Waals surface area contributed by atoms with Gasteiger partial charge in [0.05, 0.1) is 11.6 Å². The van der Waals surface area contributed by atoms with Crippen LogP contribution >= 0.6 is 11.6 Å². The number of hydrogen-bond acceptors (Lipinski definition) is 4. The van der Waals surface area contributed by atoms with Crippen molar-refractivity contribution in [1.82, 2.24) is 5.32 Å². The summed E-state index contributed by atoms with van der Waals surface area (Å²) in [5.74, 6) is -3.75. The van der Waals surface area contributed by atoms with Gasteiger partial charge in [0.25, 0.3) is 0 Å². The van der Waals surface area contributed by atoms with Crippen molar-refractivity contribution in [3.05, 3.63) is 29.0 Å². The van der Waals surface area contributed by atoms with E-state index in [0.29, 0.717) is 0 Å². The van der Waals surface area contributed by atoms with Crippen molar-refractivity contribution in [2.45, 2.75) is 25.7 Å². The SMILES string of the molecule is CCOC(=O)[C@](NC(C)=O)(Nc1ccc(F)c(Cl)c1)C(F)(F)F.